The summed E-state index contributed by atoms with van der Waals surface area (Å²) in [6.07, 6.45) is 10.8. The molecule has 2 N–H and O–H groups in total. The first kappa shape index (κ1) is 16.5. The number of rotatable bonds is 6. The van der Waals surface area contributed by atoms with Gasteiger partial charge in [-0.3, -0.25) is 4.68 Å². The number of nitrogens with zero attached hydrogens (tertiary/aromatic N) is 2. The Balaban J connectivity index is 1.97. The van der Waals surface area contributed by atoms with Gasteiger partial charge in [-0.1, -0.05) is 32.1 Å². The summed E-state index contributed by atoms with van der Waals surface area (Å²) in [5.41, 5.74) is 0. The quantitative estimate of drug-likeness (QED) is 0.834. The van der Waals surface area contributed by atoms with Crippen molar-refractivity contribution in [3.8, 4) is 0 Å². The number of aromatic nitrogens is 2. The number of likely N-dealkylation sites (N-methyl/N-ethyl adjacent to an activating group) is 1. The van der Waals surface area contributed by atoms with Gasteiger partial charge in [-0.15, -0.1) is 0 Å². The lowest BCUT2D eigenvalue weighted by Crippen LogP contribution is -2.35. The molecule has 1 aliphatic rings. The molecule has 1 aromatic rings. The molecule has 2 rings (SSSR count). The predicted molar refractivity (Wildman–Crippen MR) is 82.6 cm³/mol. The van der Waals surface area contributed by atoms with Crippen LogP contribution in [0.1, 0.15) is 44.9 Å². The molecule has 0 unspecified atom stereocenters. The van der Waals surface area contributed by atoms with E-state index >= 15 is 0 Å². The maximum Gasteiger partial charge on any atom is 0.243 e. The highest BCUT2D eigenvalue weighted by Gasteiger charge is 2.22. The Morgan fingerprint density at radius 3 is 2.57 bits per heavy atom. The van der Waals surface area contributed by atoms with E-state index in [0.717, 1.165) is 32.2 Å². The van der Waals surface area contributed by atoms with E-state index < -0.39 is 10.0 Å². The lowest BCUT2D eigenvalue weighted by Gasteiger charge is -2.20. The highest BCUT2D eigenvalue weighted by Crippen LogP contribution is 2.19. The standard InChI is InChI=1S/C14H26N4O2S/c1-15-9-10-18-12-14(11-16-18)21(19,20)17-13-7-5-3-2-4-6-8-13/h11-13,15,17H,2-10H2,1H3. The number of hydrogen-bond acceptors (Lipinski definition) is 4. The minimum absolute atomic E-state index is 0.0657. The van der Waals surface area contributed by atoms with Crippen LogP contribution in [-0.4, -0.2) is 37.8 Å². The SMILES string of the molecule is CNCCn1cc(S(=O)(=O)NC2CCCCCCC2)cn1. The average molecular weight is 314 g/mol. The van der Waals surface area contributed by atoms with Crippen molar-refractivity contribution >= 4 is 10.0 Å². The minimum atomic E-state index is -3.45. The van der Waals surface area contributed by atoms with Gasteiger partial charge in [-0.2, -0.15) is 5.10 Å². The molecule has 120 valence electrons. The lowest BCUT2D eigenvalue weighted by atomic mass is 9.97. The first-order chi connectivity index (χ1) is 10.1. The van der Waals surface area contributed by atoms with Gasteiger partial charge in [0, 0.05) is 18.8 Å². The summed E-state index contributed by atoms with van der Waals surface area (Å²) in [7, 11) is -1.59. The molecule has 1 aromatic heterocycles. The van der Waals surface area contributed by atoms with E-state index in [1.807, 2.05) is 7.05 Å². The van der Waals surface area contributed by atoms with Gasteiger partial charge >= 0.3 is 0 Å². The van der Waals surface area contributed by atoms with Crippen molar-refractivity contribution in [3.05, 3.63) is 12.4 Å². The van der Waals surface area contributed by atoms with Gasteiger partial charge in [0.25, 0.3) is 0 Å². The summed E-state index contributed by atoms with van der Waals surface area (Å²) < 4.78 is 29.3. The van der Waals surface area contributed by atoms with Gasteiger partial charge in [0.1, 0.15) is 4.90 Å². The normalized spacial score (nSPS) is 18.3. The van der Waals surface area contributed by atoms with Crippen molar-refractivity contribution in [2.45, 2.75) is 62.4 Å². The molecule has 0 saturated heterocycles. The topological polar surface area (TPSA) is 76.0 Å². The van der Waals surface area contributed by atoms with Crippen molar-refractivity contribution in [2.75, 3.05) is 13.6 Å². The summed E-state index contributed by atoms with van der Waals surface area (Å²) in [5.74, 6) is 0. The van der Waals surface area contributed by atoms with Crippen LogP contribution in [0, 0.1) is 0 Å². The Bertz CT molecular complexity index is 519. The number of sulfonamides is 1. The van der Waals surface area contributed by atoms with Gasteiger partial charge in [-0.25, -0.2) is 13.1 Å². The minimum Gasteiger partial charge on any atom is -0.318 e. The largest absolute Gasteiger partial charge is 0.318 e. The van der Waals surface area contributed by atoms with E-state index in [4.69, 9.17) is 0 Å². The molecule has 7 heteroatoms. The fourth-order valence-corrected chi connectivity index (χ4v) is 3.95. The molecule has 1 aliphatic carbocycles. The first-order valence-electron chi connectivity index (χ1n) is 7.81. The smallest absolute Gasteiger partial charge is 0.243 e. The number of nitrogens with one attached hydrogen (secondary N) is 2. The molecule has 1 heterocycles. The summed E-state index contributed by atoms with van der Waals surface area (Å²) in [5, 5.41) is 7.12. The van der Waals surface area contributed by atoms with Crippen LogP contribution < -0.4 is 10.0 Å². The molecular formula is C14H26N4O2S. The number of hydrogen-bond donors (Lipinski definition) is 2. The van der Waals surface area contributed by atoms with E-state index in [1.165, 1.54) is 25.5 Å². The van der Waals surface area contributed by atoms with E-state index in [2.05, 4.69) is 15.1 Å². The third-order valence-corrected chi connectivity index (χ3v) is 5.41. The molecule has 0 radical (unpaired) electrons. The Hall–Kier alpha value is -0.920. The maximum atomic E-state index is 12.4. The van der Waals surface area contributed by atoms with Gasteiger partial charge in [0.05, 0.1) is 12.7 Å². The zero-order valence-electron chi connectivity index (χ0n) is 12.7. The third kappa shape index (κ3) is 5.09. The Morgan fingerprint density at radius 1 is 1.24 bits per heavy atom. The van der Waals surface area contributed by atoms with Crippen molar-refractivity contribution in [1.29, 1.82) is 0 Å². The van der Waals surface area contributed by atoms with Crippen LogP contribution in [0.4, 0.5) is 0 Å². The fourth-order valence-electron chi connectivity index (χ4n) is 2.69. The van der Waals surface area contributed by atoms with E-state index in [1.54, 1.807) is 10.9 Å². The summed E-state index contributed by atoms with van der Waals surface area (Å²) in [4.78, 5) is 0.265. The maximum absolute atomic E-state index is 12.4. The Morgan fingerprint density at radius 2 is 1.90 bits per heavy atom. The zero-order chi connectivity index (χ0) is 15.1. The van der Waals surface area contributed by atoms with Crippen molar-refractivity contribution in [2.24, 2.45) is 0 Å². The molecular weight excluding hydrogens is 288 g/mol. The molecule has 1 saturated carbocycles. The molecule has 6 nitrogen and oxygen atoms in total. The van der Waals surface area contributed by atoms with Gasteiger partial charge in [0.15, 0.2) is 0 Å². The van der Waals surface area contributed by atoms with Crippen molar-refractivity contribution < 1.29 is 8.42 Å². The molecule has 0 bridgehead atoms. The summed E-state index contributed by atoms with van der Waals surface area (Å²) >= 11 is 0. The molecule has 0 amide bonds. The molecule has 0 atom stereocenters. The van der Waals surface area contributed by atoms with Crippen LogP contribution in [0.25, 0.3) is 0 Å². The van der Waals surface area contributed by atoms with E-state index in [0.29, 0.717) is 6.54 Å². The van der Waals surface area contributed by atoms with Gasteiger partial charge < -0.3 is 5.32 Å². The highest BCUT2D eigenvalue weighted by molar-refractivity contribution is 7.89. The van der Waals surface area contributed by atoms with Crippen LogP contribution in [0.2, 0.25) is 0 Å². The average Bonchev–Trinajstić information content (AvgIpc) is 2.89. The Kier molecular flexibility index (Phi) is 6.20. The third-order valence-electron chi connectivity index (χ3n) is 3.94. The van der Waals surface area contributed by atoms with Crippen LogP contribution in [-0.2, 0) is 16.6 Å². The van der Waals surface area contributed by atoms with Crippen molar-refractivity contribution in [1.82, 2.24) is 19.8 Å². The van der Waals surface area contributed by atoms with E-state index in [9.17, 15) is 8.42 Å². The Labute approximate surface area is 127 Å². The van der Waals surface area contributed by atoms with Crippen LogP contribution >= 0.6 is 0 Å². The zero-order valence-corrected chi connectivity index (χ0v) is 13.5. The highest BCUT2D eigenvalue weighted by atomic mass is 32.2. The first-order valence-corrected chi connectivity index (χ1v) is 9.29. The monoisotopic (exact) mass is 314 g/mol. The second-order valence-corrected chi connectivity index (χ2v) is 7.42. The molecule has 0 aliphatic heterocycles. The van der Waals surface area contributed by atoms with Crippen LogP contribution in [0.15, 0.2) is 17.3 Å². The second kappa shape index (κ2) is 7.91. The molecule has 1 fully saturated rings. The molecule has 21 heavy (non-hydrogen) atoms. The summed E-state index contributed by atoms with van der Waals surface area (Å²) in [6.45, 7) is 1.42. The molecule has 0 aromatic carbocycles. The second-order valence-electron chi connectivity index (χ2n) is 5.71. The predicted octanol–water partition coefficient (Wildman–Crippen LogP) is 1.49. The van der Waals surface area contributed by atoms with Crippen LogP contribution in [0.3, 0.4) is 0 Å². The van der Waals surface area contributed by atoms with Crippen molar-refractivity contribution in [3.63, 3.8) is 0 Å². The fraction of sp³-hybridized carbons (Fsp3) is 0.786. The van der Waals surface area contributed by atoms with Crippen LogP contribution in [0.5, 0.6) is 0 Å². The van der Waals surface area contributed by atoms with Gasteiger partial charge in [0.2, 0.25) is 10.0 Å². The molecule has 0 spiro atoms. The summed E-state index contributed by atoms with van der Waals surface area (Å²) in [6, 6.07) is 0.0657. The lowest BCUT2D eigenvalue weighted by molar-refractivity contribution is 0.426. The van der Waals surface area contributed by atoms with E-state index in [-0.39, 0.29) is 10.9 Å². The van der Waals surface area contributed by atoms with Gasteiger partial charge in [-0.05, 0) is 19.9 Å².